The zero-order chi connectivity index (χ0) is 18.2. The fraction of sp³-hybridized carbons (Fsp3) is 0.300. The van der Waals surface area contributed by atoms with Gasteiger partial charge in [-0.25, -0.2) is 4.79 Å². The van der Waals surface area contributed by atoms with Gasteiger partial charge in [-0.2, -0.15) is 0 Å². The second kappa shape index (κ2) is 9.28. The monoisotopic (exact) mass is 357 g/mol. The Morgan fingerprint density at radius 2 is 1.76 bits per heavy atom. The fourth-order valence-electron chi connectivity index (χ4n) is 2.23. The molecule has 0 aliphatic heterocycles. The number of thioether (sulfide) groups is 1. The van der Waals surface area contributed by atoms with Gasteiger partial charge in [0.15, 0.2) is 0 Å². The van der Waals surface area contributed by atoms with Gasteiger partial charge in [-0.15, -0.1) is 11.8 Å². The summed E-state index contributed by atoms with van der Waals surface area (Å²) in [6, 6.07) is 13.4. The Labute approximate surface area is 153 Å². The first-order chi connectivity index (χ1) is 12.0. The van der Waals surface area contributed by atoms with Crippen molar-refractivity contribution in [3.63, 3.8) is 0 Å². The van der Waals surface area contributed by atoms with Gasteiger partial charge in [0.25, 0.3) is 0 Å². The Bertz CT molecular complexity index is 741. The van der Waals surface area contributed by atoms with Crippen molar-refractivity contribution in [1.82, 2.24) is 5.32 Å². The molecule has 0 fully saturated rings. The molecule has 2 aromatic carbocycles. The van der Waals surface area contributed by atoms with E-state index in [-0.39, 0.29) is 11.9 Å². The van der Waals surface area contributed by atoms with E-state index >= 15 is 0 Å². The molecule has 0 saturated heterocycles. The van der Waals surface area contributed by atoms with E-state index in [0.717, 1.165) is 11.3 Å². The second-order valence-electron chi connectivity index (χ2n) is 5.81. The summed E-state index contributed by atoms with van der Waals surface area (Å²) in [6.45, 7) is 4.64. The van der Waals surface area contributed by atoms with Crippen LogP contribution in [0, 0.1) is 13.8 Å². The summed E-state index contributed by atoms with van der Waals surface area (Å²) in [5.74, 6) is 0.405. The van der Waals surface area contributed by atoms with Gasteiger partial charge >= 0.3 is 5.97 Å². The molecule has 0 heterocycles. The minimum Gasteiger partial charge on any atom is -0.465 e. The number of hydrogen-bond acceptors (Lipinski definition) is 4. The highest BCUT2D eigenvalue weighted by atomic mass is 32.2. The molecule has 5 heteroatoms. The Morgan fingerprint density at radius 3 is 2.40 bits per heavy atom. The molecule has 0 spiro atoms. The van der Waals surface area contributed by atoms with Gasteiger partial charge in [0, 0.05) is 23.6 Å². The molecule has 0 atom stereocenters. The first-order valence-electron chi connectivity index (χ1n) is 8.13. The third-order valence-electron chi connectivity index (χ3n) is 3.94. The third kappa shape index (κ3) is 5.94. The van der Waals surface area contributed by atoms with Gasteiger partial charge in [-0.05, 0) is 54.8 Å². The minimum atomic E-state index is -0.362. The first-order valence-corrected chi connectivity index (χ1v) is 9.12. The number of amides is 1. The maximum absolute atomic E-state index is 12.0. The summed E-state index contributed by atoms with van der Waals surface area (Å²) >= 11 is 1.69. The molecule has 4 nitrogen and oxygen atoms in total. The predicted octanol–water partition coefficient (Wildman–Crippen LogP) is 3.89. The smallest absolute Gasteiger partial charge is 0.337 e. The van der Waals surface area contributed by atoms with Crippen LogP contribution in [0.15, 0.2) is 47.4 Å². The summed E-state index contributed by atoms with van der Waals surface area (Å²) in [7, 11) is 1.35. The van der Waals surface area contributed by atoms with E-state index in [4.69, 9.17) is 0 Å². The molecular formula is C20H23NO3S. The van der Waals surface area contributed by atoms with Crippen LogP contribution in [-0.2, 0) is 16.1 Å². The van der Waals surface area contributed by atoms with Crippen LogP contribution >= 0.6 is 11.8 Å². The summed E-state index contributed by atoms with van der Waals surface area (Å²) in [6.07, 6.45) is 0.470. The maximum Gasteiger partial charge on any atom is 0.337 e. The average Bonchev–Trinajstić information content (AvgIpc) is 2.62. The van der Waals surface area contributed by atoms with Crippen molar-refractivity contribution in [2.75, 3.05) is 12.9 Å². The van der Waals surface area contributed by atoms with Crippen LogP contribution in [0.5, 0.6) is 0 Å². The number of carbonyl (C=O) groups excluding carboxylic acids is 2. The SMILES string of the molecule is COC(=O)c1ccc(CNC(=O)CCSc2ccc(C)c(C)c2)cc1. The number of methoxy groups -OCH3 is 1. The maximum atomic E-state index is 12.0. The molecule has 2 rings (SSSR count). The van der Waals surface area contributed by atoms with E-state index in [9.17, 15) is 9.59 Å². The van der Waals surface area contributed by atoms with Crippen molar-refractivity contribution >= 4 is 23.6 Å². The highest BCUT2D eigenvalue weighted by Gasteiger charge is 2.06. The Hall–Kier alpha value is -2.27. The van der Waals surface area contributed by atoms with Crippen LogP contribution in [0.1, 0.15) is 33.5 Å². The number of nitrogens with one attached hydrogen (secondary N) is 1. The topological polar surface area (TPSA) is 55.4 Å². The van der Waals surface area contributed by atoms with E-state index < -0.39 is 0 Å². The summed E-state index contributed by atoms with van der Waals surface area (Å²) in [5, 5.41) is 2.90. The Kier molecular flexibility index (Phi) is 7.07. The molecule has 0 radical (unpaired) electrons. The Morgan fingerprint density at radius 1 is 1.04 bits per heavy atom. The molecule has 2 aromatic rings. The summed E-state index contributed by atoms with van der Waals surface area (Å²) < 4.78 is 4.66. The highest BCUT2D eigenvalue weighted by Crippen LogP contribution is 2.21. The molecule has 132 valence electrons. The van der Waals surface area contributed by atoms with E-state index in [0.29, 0.717) is 18.5 Å². The van der Waals surface area contributed by atoms with Crippen molar-refractivity contribution in [3.05, 3.63) is 64.7 Å². The average molecular weight is 357 g/mol. The van der Waals surface area contributed by atoms with Crippen LogP contribution in [0.3, 0.4) is 0 Å². The molecule has 0 aliphatic rings. The van der Waals surface area contributed by atoms with E-state index in [2.05, 4.69) is 42.1 Å². The number of hydrogen-bond donors (Lipinski definition) is 1. The molecule has 0 aliphatic carbocycles. The molecule has 25 heavy (non-hydrogen) atoms. The zero-order valence-electron chi connectivity index (χ0n) is 14.8. The lowest BCUT2D eigenvalue weighted by Crippen LogP contribution is -2.23. The van der Waals surface area contributed by atoms with E-state index in [1.165, 1.54) is 23.1 Å². The zero-order valence-corrected chi connectivity index (χ0v) is 15.6. The van der Waals surface area contributed by atoms with Crippen molar-refractivity contribution in [2.24, 2.45) is 0 Å². The van der Waals surface area contributed by atoms with Crippen LogP contribution < -0.4 is 5.32 Å². The highest BCUT2D eigenvalue weighted by molar-refractivity contribution is 7.99. The second-order valence-corrected chi connectivity index (χ2v) is 6.98. The van der Waals surface area contributed by atoms with Crippen molar-refractivity contribution in [1.29, 1.82) is 0 Å². The fourth-order valence-corrected chi connectivity index (χ4v) is 3.18. The lowest BCUT2D eigenvalue weighted by Gasteiger charge is -2.07. The van der Waals surface area contributed by atoms with Gasteiger partial charge < -0.3 is 10.1 Å². The lowest BCUT2D eigenvalue weighted by atomic mass is 10.1. The quantitative estimate of drug-likeness (QED) is 0.603. The number of aryl methyl sites for hydroxylation is 2. The normalized spacial score (nSPS) is 10.4. The molecule has 1 N–H and O–H groups in total. The predicted molar refractivity (Wildman–Crippen MR) is 101 cm³/mol. The standard InChI is InChI=1S/C20H23NO3S/c1-14-4-9-18(12-15(14)2)25-11-10-19(22)21-13-16-5-7-17(8-6-16)20(23)24-3/h4-9,12H,10-11,13H2,1-3H3,(H,21,22). The molecule has 0 unspecified atom stereocenters. The third-order valence-corrected chi connectivity index (χ3v) is 4.94. The number of rotatable bonds is 7. The van der Waals surface area contributed by atoms with Crippen LogP contribution in [-0.4, -0.2) is 24.7 Å². The summed E-state index contributed by atoms with van der Waals surface area (Å²) in [4.78, 5) is 24.5. The number of esters is 1. The van der Waals surface area contributed by atoms with Gasteiger partial charge in [0.05, 0.1) is 12.7 Å². The Balaban J connectivity index is 1.73. The van der Waals surface area contributed by atoms with Gasteiger partial charge in [-0.3, -0.25) is 4.79 Å². The van der Waals surface area contributed by atoms with Crippen molar-refractivity contribution in [3.8, 4) is 0 Å². The molecule has 1 amide bonds. The lowest BCUT2D eigenvalue weighted by molar-refractivity contribution is -0.120. The van der Waals surface area contributed by atoms with E-state index in [1.807, 2.05) is 12.1 Å². The van der Waals surface area contributed by atoms with E-state index in [1.54, 1.807) is 23.9 Å². The molecule has 0 bridgehead atoms. The van der Waals surface area contributed by atoms with Crippen LogP contribution in [0.2, 0.25) is 0 Å². The van der Waals surface area contributed by atoms with Gasteiger partial charge in [-0.1, -0.05) is 18.2 Å². The largest absolute Gasteiger partial charge is 0.465 e. The van der Waals surface area contributed by atoms with Crippen molar-refractivity contribution < 1.29 is 14.3 Å². The number of carbonyl (C=O) groups is 2. The first kappa shape index (κ1) is 19.1. The molecular weight excluding hydrogens is 334 g/mol. The van der Waals surface area contributed by atoms with Crippen LogP contribution in [0.25, 0.3) is 0 Å². The molecule has 0 aromatic heterocycles. The molecule has 0 saturated carbocycles. The number of benzene rings is 2. The summed E-state index contributed by atoms with van der Waals surface area (Å²) in [5.41, 5.74) is 4.00. The van der Waals surface area contributed by atoms with Gasteiger partial charge in [0.2, 0.25) is 5.91 Å². The van der Waals surface area contributed by atoms with Gasteiger partial charge in [0.1, 0.15) is 0 Å². The van der Waals surface area contributed by atoms with Crippen LogP contribution in [0.4, 0.5) is 0 Å². The number of ether oxygens (including phenoxy) is 1. The van der Waals surface area contributed by atoms with Crippen molar-refractivity contribution in [2.45, 2.75) is 31.7 Å². The minimum absolute atomic E-state index is 0.0216.